The highest BCUT2D eigenvalue weighted by Crippen LogP contribution is 2.19. The van der Waals surface area contributed by atoms with Gasteiger partial charge in [0.05, 0.1) is 6.04 Å². The van der Waals surface area contributed by atoms with E-state index < -0.39 is 0 Å². The summed E-state index contributed by atoms with van der Waals surface area (Å²) in [5, 5.41) is 7.39. The first kappa shape index (κ1) is 11.8. The zero-order valence-corrected chi connectivity index (χ0v) is 10.5. The van der Waals surface area contributed by atoms with Gasteiger partial charge in [0, 0.05) is 24.8 Å². The Hall–Kier alpha value is -0.710. The smallest absolute Gasteiger partial charge is 0.220 e. The summed E-state index contributed by atoms with van der Waals surface area (Å²) in [6, 6.07) is 0.849. The highest BCUT2D eigenvalue weighted by molar-refractivity contribution is 8.13. The topological polar surface area (TPSA) is 53.5 Å². The van der Waals surface area contributed by atoms with Crippen molar-refractivity contribution in [1.29, 1.82) is 0 Å². The lowest BCUT2D eigenvalue weighted by atomic mass is 10.1. The van der Waals surface area contributed by atoms with Crippen molar-refractivity contribution >= 4 is 22.8 Å². The molecule has 16 heavy (non-hydrogen) atoms. The van der Waals surface area contributed by atoms with Gasteiger partial charge in [-0.15, -0.1) is 0 Å². The van der Waals surface area contributed by atoms with Crippen molar-refractivity contribution in [2.24, 2.45) is 4.99 Å². The first-order valence-electron chi connectivity index (χ1n) is 6.01. The predicted molar refractivity (Wildman–Crippen MR) is 67.8 cm³/mol. The van der Waals surface area contributed by atoms with Gasteiger partial charge in [-0.2, -0.15) is 0 Å². The van der Waals surface area contributed by atoms with E-state index in [1.54, 1.807) is 11.8 Å². The monoisotopic (exact) mass is 241 g/mol. The molecule has 2 rings (SSSR count). The first-order chi connectivity index (χ1) is 7.78. The summed E-state index contributed by atoms with van der Waals surface area (Å²) < 4.78 is 0. The molecule has 0 radical (unpaired) electrons. The minimum absolute atomic E-state index is 0.169. The van der Waals surface area contributed by atoms with Gasteiger partial charge in [-0.05, 0) is 19.3 Å². The molecule has 1 saturated heterocycles. The Bertz CT molecular complexity index is 283. The molecule has 2 aliphatic rings. The Morgan fingerprint density at radius 1 is 1.56 bits per heavy atom. The number of nitrogens with zero attached hydrogens (tertiary/aromatic N) is 1. The number of aliphatic imine (C=N–C) groups is 1. The van der Waals surface area contributed by atoms with E-state index in [2.05, 4.69) is 22.5 Å². The van der Waals surface area contributed by atoms with Gasteiger partial charge in [0.1, 0.15) is 0 Å². The van der Waals surface area contributed by atoms with Crippen LogP contribution in [0.5, 0.6) is 0 Å². The van der Waals surface area contributed by atoms with Gasteiger partial charge in [-0.3, -0.25) is 9.79 Å². The Balaban J connectivity index is 1.84. The van der Waals surface area contributed by atoms with Gasteiger partial charge in [-0.25, -0.2) is 0 Å². The first-order valence-corrected chi connectivity index (χ1v) is 7.00. The van der Waals surface area contributed by atoms with Crippen LogP contribution in [0.1, 0.15) is 32.6 Å². The second-order valence-electron chi connectivity index (χ2n) is 4.32. The van der Waals surface area contributed by atoms with Crippen molar-refractivity contribution in [1.82, 2.24) is 10.6 Å². The molecule has 5 heteroatoms. The standard InChI is InChI=1S/C11H19N3OS/c1-2-8-5-6-16-11(13-8)14-9-3-4-10(15)12-7-9/h8-9H,2-7H2,1H3,(H,12,15)(H,13,14). The molecule has 0 aliphatic carbocycles. The number of rotatable bonds is 2. The van der Waals surface area contributed by atoms with Crippen molar-refractivity contribution < 1.29 is 4.79 Å². The summed E-state index contributed by atoms with van der Waals surface area (Å²) >= 11 is 1.80. The average Bonchev–Trinajstić information content (AvgIpc) is 2.32. The van der Waals surface area contributed by atoms with Gasteiger partial charge in [0.2, 0.25) is 5.91 Å². The number of nitrogens with one attached hydrogen (secondary N) is 2. The van der Waals surface area contributed by atoms with E-state index in [-0.39, 0.29) is 5.91 Å². The van der Waals surface area contributed by atoms with Gasteiger partial charge < -0.3 is 10.6 Å². The lowest BCUT2D eigenvalue weighted by Gasteiger charge is -2.27. The van der Waals surface area contributed by atoms with Crippen molar-refractivity contribution in [2.45, 2.75) is 44.7 Å². The predicted octanol–water partition coefficient (Wildman–Crippen LogP) is 1.13. The maximum atomic E-state index is 11.0. The zero-order chi connectivity index (χ0) is 11.4. The third-order valence-electron chi connectivity index (χ3n) is 3.05. The van der Waals surface area contributed by atoms with Gasteiger partial charge in [-0.1, -0.05) is 18.7 Å². The van der Waals surface area contributed by atoms with Crippen LogP contribution in [0.15, 0.2) is 4.99 Å². The maximum Gasteiger partial charge on any atom is 0.220 e. The molecule has 0 saturated carbocycles. The molecular weight excluding hydrogens is 222 g/mol. The van der Waals surface area contributed by atoms with E-state index in [9.17, 15) is 4.79 Å². The third-order valence-corrected chi connectivity index (χ3v) is 3.99. The number of piperidine rings is 1. The van der Waals surface area contributed by atoms with E-state index in [4.69, 9.17) is 0 Å². The zero-order valence-electron chi connectivity index (χ0n) is 9.66. The molecule has 2 aliphatic heterocycles. The third kappa shape index (κ3) is 3.14. The average molecular weight is 241 g/mol. The van der Waals surface area contributed by atoms with Crippen LogP contribution in [0.25, 0.3) is 0 Å². The van der Waals surface area contributed by atoms with Crippen LogP contribution in [-0.4, -0.2) is 35.5 Å². The second kappa shape index (κ2) is 5.57. The fourth-order valence-electron chi connectivity index (χ4n) is 1.96. The van der Waals surface area contributed by atoms with E-state index in [1.807, 2.05) is 0 Å². The molecule has 2 unspecified atom stereocenters. The maximum absolute atomic E-state index is 11.0. The second-order valence-corrected chi connectivity index (χ2v) is 5.40. The summed E-state index contributed by atoms with van der Waals surface area (Å²) in [6.45, 7) is 2.91. The van der Waals surface area contributed by atoms with Crippen molar-refractivity contribution in [3.63, 3.8) is 0 Å². The van der Waals surface area contributed by atoms with E-state index >= 15 is 0 Å². The van der Waals surface area contributed by atoms with Crippen LogP contribution < -0.4 is 10.6 Å². The molecule has 0 aromatic rings. The highest BCUT2D eigenvalue weighted by atomic mass is 32.2. The summed E-state index contributed by atoms with van der Waals surface area (Å²) in [7, 11) is 0. The lowest BCUT2D eigenvalue weighted by Crippen LogP contribution is -2.47. The van der Waals surface area contributed by atoms with Crippen LogP contribution in [0.2, 0.25) is 0 Å². The molecule has 2 N–H and O–H groups in total. The minimum Gasteiger partial charge on any atom is -0.360 e. The molecule has 2 atom stereocenters. The molecule has 1 fully saturated rings. The molecule has 1 amide bonds. The normalized spacial score (nSPS) is 30.6. The number of thioether (sulfide) groups is 1. The lowest BCUT2D eigenvalue weighted by molar-refractivity contribution is -0.122. The van der Waals surface area contributed by atoms with Gasteiger partial charge in [0.15, 0.2) is 5.17 Å². The van der Waals surface area contributed by atoms with Crippen molar-refractivity contribution in [3.05, 3.63) is 0 Å². The number of hydrogen-bond acceptors (Lipinski definition) is 4. The number of hydrogen-bond donors (Lipinski definition) is 2. The van der Waals surface area contributed by atoms with E-state index in [1.165, 1.54) is 6.42 Å². The SMILES string of the molecule is CCC1CCSC(NC2CCC(=O)NC2)=N1. The largest absolute Gasteiger partial charge is 0.360 e. The van der Waals surface area contributed by atoms with Crippen LogP contribution in [0.3, 0.4) is 0 Å². The number of amidine groups is 1. The highest BCUT2D eigenvalue weighted by Gasteiger charge is 2.21. The Morgan fingerprint density at radius 2 is 2.44 bits per heavy atom. The number of carbonyl (C=O) groups excluding carboxylic acids is 1. The number of carbonyl (C=O) groups is 1. The van der Waals surface area contributed by atoms with Crippen LogP contribution in [0, 0.1) is 0 Å². The fraction of sp³-hybridized carbons (Fsp3) is 0.818. The van der Waals surface area contributed by atoms with Gasteiger partial charge >= 0.3 is 0 Å². The Labute approximate surface area is 101 Å². The molecule has 0 bridgehead atoms. The van der Waals surface area contributed by atoms with E-state index in [0.29, 0.717) is 18.5 Å². The Morgan fingerprint density at radius 3 is 3.12 bits per heavy atom. The Kier molecular flexibility index (Phi) is 4.09. The molecule has 2 heterocycles. The fourth-order valence-corrected chi connectivity index (χ4v) is 3.02. The summed E-state index contributed by atoms with van der Waals surface area (Å²) in [6.07, 6.45) is 3.86. The molecule has 0 spiro atoms. The summed E-state index contributed by atoms with van der Waals surface area (Å²) in [5.74, 6) is 1.33. The quantitative estimate of drug-likeness (QED) is 0.762. The summed E-state index contributed by atoms with van der Waals surface area (Å²) in [4.78, 5) is 15.7. The minimum atomic E-state index is 0.169. The molecule has 0 aromatic heterocycles. The van der Waals surface area contributed by atoms with E-state index in [0.717, 1.165) is 30.3 Å². The molecule has 4 nitrogen and oxygen atoms in total. The summed E-state index contributed by atoms with van der Waals surface area (Å²) in [5.41, 5.74) is 0. The van der Waals surface area contributed by atoms with Crippen LogP contribution in [-0.2, 0) is 4.79 Å². The van der Waals surface area contributed by atoms with Gasteiger partial charge in [0.25, 0.3) is 0 Å². The molecule has 90 valence electrons. The van der Waals surface area contributed by atoms with Crippen LogP contribution >= 0.6 is 11.8 Å². The van der Waals surface area contributed by atoms with Crippen molar-refractivity contribution in [3.8, 4) is 0 Å². The molecular formula is C11H19N3OS. The van der Waals surface area contributed by atoms with Crippen molar-refractivity contribution in [2.75, 3.05) is 12.3 Å². The number of amides is 1. The van der Waals surface area contributed by atoms with Crippen LogP contribution in [0.4, 0.5) is 0 Å². The molecule has 0 aromatic carbocycles.